The minimum absolute atomic E-state index is 0.0531. The van der Waals surface area contributed by atoms with E-state index in [1.54, 1.807) is 4.90 Å². The Bertz CT molecular complexity index is 161. The minimum atomic E-state index is -0.265. The number of rotatable bonds is 0. The second-order valence-corrected chi connectivity index (χ2v) is 4.11. The number of alkyl halides is 1. The molecule has 1 heterocycles. The molecule has 0 bridgehead atoms. The van der Waals surface area contributed by atoms with Crippen LogP contribution < -0.4 is 0 Å². The molecule has 1 rings (SSSR count). The van der Waals surface area contributed by atoms with Crippen LogP contribution in [0.15, 0.2) is 0 Å². The summed E-state index contributed by atoms with van der Waals surface area (Å²) in [6.07, 6.45) is 0. The van der Waals surface area contributed by atoms with Crippen LogP contribution in [-0.4, -0.2) is 28.3 Å². The number of hydrogen-bond donors (Lipinski definition) is 0. The van der Waals surface area contributed by atoms with Gasteiger partial charge in [0.05, 0.1) is 0 Å². The lowest BCUT2D eigenvalue weighted by atomic mass is 10.00. The molecule has 1 unspecified atom stereocenters. The van der Waals surface area contributed by atoms with Crippen molar-refractivity contribution < 1.29 is 4.79 Å². The lowest BCUT2D eigenvalue weighted by Gasteiger charge is -2.44. The van der Waals surface area contributed by atoms with Gasteiger partial charge in [-0.3, -0.25) is 4.79 Å². The van der Waals surface area contributed by atoms with Crippen molar-refractivity contribution in [3.05, 3.63) is 0 Å². The highest BCUT2D eigenvalue weighted by atomic mass is 35.5. The second-order valence-electron chi connectivity index (χ2n) is 3.59. The number of halogens is 1. The van der Waals surface area contributed by atoms with E-state index < -0.39 is 0 Å². The van der Waals surface area contributed by atoms with Crippen molar-refractivity contribution in [2.45, 2.75) is 31.7 Å². The molecule has 58 valence electrons. The van der Waals surface area contributed by atoms with Crippen LogP contribution in [-0.2, 0) is 4.79 Å². The van der Waals surface area contributed by atoms with Crippen molar-refractivity contribution in [1.29, 1.82) is 0 Å². The van der Waals surface area contributed by atoms with E-state index in [1.165, 1.54) is 0 Å². The van der Waals surface area contributed by atoms with Crippen LogP contribution in [0.1, 0.15) is 20.8 Å². The van der Waals surface area contributed by atoms with Crippen LogP contribution in [0.2, 0.25) is 0 Å². The number of β-lactam (4-membered cyclic amide) rings is 1. The maximum absolute atomic E-state index is 11.0. The number of carbonyl (C=O) groups excluding carboxylic acids is 1. The molecule has 0 aliphatic carbocycles. The molecule has 10 heavy (non-hydrogen) atoms. The molecular formula is C7H12ClNO. The van der Waals surface area contributed by atoms with Gasteiger partial charge in [-0.05, 0) is 20.8 Å². The molecule has 1 fully saturated rings. The molecule has 0 saturated carbocycles. The zero-order valence-corrected chi connectivity index (χ0v) is 7.27. The number of likely N-dealkylation sites (tertiary alicyclic amines) is 1. The van der Waals surface area contributed by atoms with Gasteiger partial charge in [-0.15, -0.1) is 11.6 Å². The molecule has 0 N–H and O–H groups in total. The summed E-state index contributed by atoms with van der Waals surface area (Å²) in [7, 11) is 0. The van der Waals surface area contributed by atoms with Crippen molar-refractivity contribution >= 4 is 17.5 Å². The van der Waals surface area contributed by atoms with E-state index in [-0.39, 0.29) is 16.8 Å². The smallest absolute Gasteiger partial charge is 0.242 e. The Kier molecular flexibility index (Phi) is 1.67. The molecule has 0 radical (unpaired) electrons. The Hall–Kier alpha value is -0.240. The minimum Gasteiger partial charge on any atom is -0.335 e. The van der Waals surface area contributed by atoms with Crippen molar-refractivity contribution in [1.82, 2.24) is 4.90 Å². The Labute approximate surface area is 66.1 Å². The first-order valence-electron chi connectivity index (χ1n) is 3.38. The van der Waals surface area contributed by atoms with E-state index >= 15 is 0 Å². The number of amides is 1. The van der Waals surface area contributed by atoms with Gasteiger partial charge >= 0.3 is 0 Å². The monoisotopic (exact) mass is 161 g/mol. The van der Waals surface area contributed by atoms with Crippen LogP contribution in [0, 0.1) is 0 Å². The highest BCUT2D eigenvalue weighted by molar-refractivity contribution is 6.33. The van der Waals surface area contributed by atoms with Crippen LogP contribution in [0.3, 0.4) is 0 Å². The van der Waals surface area contributed by atoms with E-state index in [9.17, 15) is 4.79 Å². The Morgan fingerprint density at radius 2 is 2.10 bits per heavy atom. The van der Waals surface area contributed by atoms with Crippen molar-refractivity contribution in [2.75, 3.05) is 6.54 Å². The van der Waals surface area contributed by atoms with Gasteiger partial charge in [0.15, 0.2) is 0 Å². The van der Waals surface area contributed by atoms with Gasteiger partial charge in [0.2, 0.25) is 5.91 Å². The summed E-state index contributed by atoms with van der Waals surface area (Å²) in [5, 5.41) is -0.265. The third-order valence-electron chi connectivity index (χ3n) is 1.69. The summed E-state index contributed by atoms with van der Waals surface area (Å²) in [5.41, 5.74) is -0.0531. The number of hydrogen-bond acceptors (Lipinski definition) is 1. The predicted molar refractivity (Wildman–Crippen MR) is 41.1 cm³/mol. The van der Waals surface area contributed by atoms with Crippen molar-refractivity contribution in [3.8, 4) is 0 Å². The maximum atomic E-state index is 11.0. The first-order valence-corrected chi connectivity index (χ1v) is 3.82. The fraction of sp³-hybridized carbons (Fsp3) is 0.857. The van der Waals surface area contributed by atoms with Crippen molar-refractivity contribution in [3.63, 3.8) is 0 Å². The van der Waals surface area contributed by atoms with Gasteiger partial charge in [0.25, 0.3) is 0 Å². The maximum Gasteiger partial charge on any atom is 0.242 e. The molecule has 1 amide bonds. The third kappa shape index (κ3) is 1.12. The zero-order valence-electron chi connectivity index (χ0n) is 6.52. The SMILES string of the molecule is CC(C)(C)N1CC(Cl)C1=O. The zero-order chi connectivity index (χ0) is 7.94. The molecule has 1 aliphatic heterocycles. The lowest BCUT2D eigenvalue weighted by Crippen LogP contribution is -2.61. The van der Waals surface area contributed by atoms with Crippen molar-refractivity contribution in [2.24, 2.45) is 0 Å². The van der Waals surface area contributed by atoms with E-state index in [1.807, 2.05) is 20.8 Å². The first-order chi connectivity index (χ1) is 4.43. The highest BCUT2D eigenvalue weighted by Gasteiger charge is 2.41. The summed E-state index contributed by atoms with van der Waals surface area (Å²) in [6.45, 7) is 6.72. The van der Waals surface area contributed by atoms with Gasteiger partial charge in [-0.1, -0.05) is 0 Å². The van der Waals surface area contributed by atoms with Gasteiger partial charge in [-0.25, -0.2) is 0 Å². The Balaban J connectivity index is 2.56. The topological polar surface area (TPSA) is 20.3 Å². The number of nitrogens with zero attached hydrogens (tertiary/aromatic N) is 1. The van der Waals surface area contributed by atoms with E-state index in [0.717, 1.165) is 0 Å². The molecule has 1 atom stereocenters. The molecule has 1 aliphatic rings. The first kappa shape index (κ1) is 7.86. The summed E-state index contributed by atoms with van der Waals surface area (Å²) in [4.78, 5) is 12.8. The molecule has 0 aromatic carbocycles. The average Bonchev–Trinajstić information content (AvgIpc) is 1.79. The van der Waals surface area contributed by atoms with E-state index in [2.05, 4.69) is 0 Å². The van der Waals surface area contributed by atoms with Gasteiger partial charge in [-0.2, -0.15) is 0 Å². The molecule has 1 saturated heterocycles. The average molecular weight is 162 g/mol. The molecule has 2 nitrogen and oxygen atoms in total. The molecule has 3 heteroatoms. The molecule has 0 aromatic rings. The number of carbonyl (C=O) groups is 1. The summed E-state index contributed by atoms with van der Waals surface area (Å²) in [5.74, 6) is 0.0640. The standard InChI is InChI=1S/C7H12ClNO/c1-7(2,3)9-4-5(8)6(9)10/h5H,4H2,1-3H3. The van der Waals surface area contributed by atoms with Gasteiger partial charge in [0.1, 0.15) is 5.38 Å². The molecule has 0 spiro atoms. The predicted octanol–water partition coefficient (Wildman–Crippen LogP) is 1.23. The molecule has 0 aromatic heterocycles. The van der Waals surface area contributed by atoms with E-state index in [4.69, 9.17) is 11.6 Å². The Morgan fingerprint density at radius 3 is 2.20 bits per heavy atom. The fourth-order valence-corrected chi connectivity index (χ4v) is 1.25. The van der Waals surface area contributed by atoms with E-state index in [0.29, 0.717) is 6.54 Å². The molecular weight excluding hydrogens is 150 g/mol. The van der Waals surface area contributed by atoms with Crippen LogP contribution in [0.5, 0.6) is 0 Å². The third-order valence-corrected chi connectivity index (χ3v) is 2.01. The van der Waals surface area contributed by atoms with Crippen LogP contribution in [0.25, 0.3) is 0 Å². The van der Waals surface area contributed by atoms with Crippen LogP contribution in [0.4, 0.5) is 0 Å². The second kappa shape index (κ2) is 2.12. The summed E-state index contributed by atoms with van der Waals surface area (Å²) < 4.78 is 0. The fourth-order valence-electron chi connectivity index (χ4n) is 0.989. The summed E-state index contributed by atoms with van der Waals surface area (Å²) in [6, 6.07) is 0. The largest absolute Gasteiger partial charge is 0.335 e. The normalized spacial score (nSPS) is 26.6. The van der Waals surface area contributed by atoms with Crippen LogP contribution >= 0.6 is 11.6 Å². The highest BCUT2D eigenvalue weighted by Crippen LogP contribution is 2.25. The Morgan fingerprint density at radius 1 is 1.60 bits per heavy atom. The lowest BCUT2D eigenvalue weighted by molar-refractivity contribution is -0.145. The van der Waals surface area contributed by atoms with Gasteiger partial charge < -0.3 is 4.90 Å². The van der Waals surface area contributed by atoms with Gasteiger partial charge in [0, 0.05) is 12.1 Å². The summed E-state index contributed by atoms with van der Waals surface area (Å²) >= 11 is 5.61. The quantitative estimate of drug-likeness (QED) is 0.387.